The number of hydrogen-bond acceptors (Lipinski definition) is 1. The van der Waals surface area contributed by atoms with Crippen molar-refractivity contribution in [1.29, 1.82) is 0 Å². The van der Waals surface area contributed by atoms with Gasteiger partial charge in [-0.2, -0.15) is 0 Å². The van der Waals surface area contributed by atoms with Crippen LogP contribution < -0.4 is 0 Å². The lowest BCUT2D eigenvalue weighted by atomic mass is 9.94. The molecule has 0 aliphatic heterocycles. The Labute approximate surface area is 103 Å². The van der Waals surface area contributed by atoms with Crippen LogP contribution in [-0.2, 0) is 0 Å². The van der Waals surface area contributed by atoms with Gasteiger partial charge < -0.3 is 5.11 Å². The number of carboxylic acids is 1. The van der Waals surface area contributed by atoms with E-state index >= 15 is 0 Å². The molecule has 2 rings (SSSR count). The van der Waals surface area contributed by atoms with Crippen molar-refractivity contribution in [2.45, 2.75) is 44.9 Å². The molecule has 0 spiro atoms. The Balaban J connectivity index is 2.01. The van der Waals surface area contributed by atoms with Crippen molar-refractivity contribution in [3.63, 3.8) is 0 Å². The number of carboxylic acid groups (broad SMARTS) is 1. The summed E-state index contributed by atoms with van der Waals surface area (Å²) >= 11 is 0. The fraction of sp³-hybridized carbons (Fsp3) is 0.533. The lowest BCUT2D eigenvalue weighted by Gasteiger charge is -2.11. The van der Waals surface area contributed by atoms with Crippen LogP contribution in [0.3, 0.4) is 0 Å². The number of carbonyl (C=O) groups is 1. The molecule has 1 aliphatic carbocycles. The predicted molar refractivity (Wildman–Crippen MR) is 68.4 cm³/mol. The highest BCUT2D eigenvalue weighted by molar-refractivity contribution is 5.87. The topological polar surface area (TPSA) is 37.3 Å². The number of aromatic carboxylic acids is 1. The van der Waals surface area contributed by atoms with Crippen LogP contribution in [0.25, 0.3) is 0 Å². The Morgan fingerprint density at radius 2 is 2.00 bits per heavy atom. The highest BCUT2D eigenvalue weighted by Gasteiger charge is 2.25. The number of benzene rings is 1. The average molecular weight is 232 g/mol. The van der Waals surface area contributed by atoms with Gasteiger partial charge in [-0.1, -0.05) is 31.9 Å². The largest absolute Gasteiger partial charge is 0.478 e. The molecular formula is C15H20O2. The van der Waals surface area contributed by atoms with Gasteiger partial charge >= 0.3 is 5.97 Å². The molecule has 0 saturated heterocycles. The normalized spacial score (nSPS) is 23.8. The van der Waals surface area contributed by atoms with Gasteiger partial charge in [0.1, 0.15) is 0 Å². The fourth-order valence-corrected chi connectivity index (χ4v) is 2.95. The van der Waals surface area contributed by atoms with Crippen molar-refractivity contribution in [3.05, 3.63) is 35.4 Å². The molecule has 1 aromatic rings. The van der Waals surface area contributed by atoms with Crippen molar-refractivity contribution in [2.75, 3.05) is 0 Å². The van der Waals surface area contributed by atoms with Crippen LogP contribution in [0.1, 0.15) is 60.9 Å². The molecule has 2 heteroatoms. The van der Waals surface area contributed by atoms with Gasteiger partial charge in [0, 0.05) is 0 Å². The molecule has 0 aromatic heterocycles. The highest BCUT2D eigenvalue weighted by atomic mass is 16.4. The monoisotopic (exact) mass is 232 g/mol. The maximum Gasteiger partial charge on any atom is 0.335 e. The lowest BCUT2D eigenvalue weighted by molar-refractivity contribution is 0.0697. The van der Waals surface area contributed by atoms with Crippen LogP contribution in [0.5, 0.6) is 0 Å². The molecule has 0 heterocycles. The third kappa shape index (κ3) is 2.87. The number of hydrogen-bond donors (Lipinski definition) is 1. The third-order valence-corrected chi connectivity index (χ3v) is 3.87. The molecule has 1 aliphatic rings. The zero-order valence-electron chi connectivity index (χ0n) is 10.4. The van der Waals surface area contributed by atoms with Gasteiger partial charge in [-0.05, 0) is 48.8 Å². The Kier molecular flexibility index (Phi) is 3.82. The Bertz CT molecular complexity index is 380. The van der Waals surface area contributed by atoms with E-state index in [4.69, 9.17) is 5.11 Å². The summed E-state index contributed by atoms with van der Waals surface area (Å²) in [6, 6.07) is 7.43. The molecule has 2 nitrogen and oxygen atoms in total. The highest BCUT2D eigenvalue weighted by Crippen LogP contribution is 2.40. The van der Waals surface area contributed by atoms with Crippen LogP contribution in [0.4, 0.5) is 0 Å². The van der Waals surface area contributed by atoms with E-state index in [1.807, 2.05) is 12.1 Å². The molecule has 1 aromatic carbocycles. The predicted octanol–water partition coefficient (Wildman–Crippen LogP) is 4.07. The summed E-state index contributed by atoms with van der Waals surface area (Å²) in [5.41, 5.74) is 1.70. The van der Waals surface area contributed by atoms with Crippen LogP contribution >= 0.6 is 0 Å². The lowest BCUT2D eigenvalue weighted by Crippen LogP contribution is -1.99. The summed E-state index contributed by atoms with van der Waals surface area (Å²) in [7, 11) is 0. The first kappa shape index (κ1) is 12.2. The van der Waals surface area contributed by atoms with Crippen LogP contribution in [0.2, 0.25) is 0 Å². The SMILES string of the molecule is CCCC1CCC(c2ccc(C(=O)O)cc2)C1. The molecule has 17 heavy (non-hydrogen) atoms. The van der Waals surface area contributed by atoms with E-state index in [-0.39, 0.29) is 0 Å². The van der Waals surface area contributed by atoms with Crippen LogP contribution in [-0.4, -0.2) is 11.1 Å². The maximum atomic E-state index is 10.8. The Morgan fingerprint density at radius 1 is 1.29 bits per heavy atom. The molecule has 0 amide bonds. The Hall–Kier alpha value is -1.31. The molecular weight excluding hydrogens is 212 g/mol. The van der Waals surface area contributed by atoms with E-state index in [0.29, 0.717) is 11.5 Å². The van der Waals surface area contributed by atoms with Gasteiger partial charge in [0.2, 0.25) is 0 Å². The number of rotatable bonds is 4. The zero-order valence-corrected chi connectivity index (χ0v) is 10.4. The average Bonchev–Trinajstić information content (AvgIpc) is 2.78. The summed E-state index contributed by atoms with van der Waals surface area (Å²) in [5, 5.41) is 8.85. The Morgan fingerprint density at radius 3 is 2.59 bits per heavy atom. The van der Waals surface area contributed by atoms with Gasteiger partial charge in [0.25, 0.3) is 0 Å². The van der Waals surface area contributed by atoms with Crippen molar-refractivity contribution in [2.24, 2.45) is 5.92 Å². The summed E-state index contributed by atoms with van der Waals surface area (Å²) in [6.07, 6.45) is 6.48. The van der Waals surface area contributed by atoms with Crippen molar-refractivity contribution >= 4 is 5.97 Å². The van der Waals surface area contributed by atoms with E-state index < -0.39 is 5.97 Å². The molecule has 1 N–H and O–H groups in total. The molecule has 2 unspecified atom stereocenters. The second-order valence-electron chi connectivity index (χ2n) is 5.09. The van der Waals surface area contributed by atoms with Crippen molar-refractivity contribution in [3.8, 4) is 0 Å². The van der Waals surface area contributed by atoms with E-state index in [1.165, 1.54) is 37.7 Å². The van der Waals surface area contributed by atoms with Gasteiger partial charge in [0.15, 0.2) is 0 Å². The van der Waals surface area contributed by atoms with Crippen molar-refractivity contribution < 1.29 is 9.90 Å². The second-order valence-corrected chi connectivity index (χ2v) is 5.09. The van der Waals surface area contributed by atoms with E-state index in [2.05, 4.69) is 6.92 Å². The summed E-state index contributed by atoms with van der Waals surface area (Å²) in [5.74, 6) is 0.686. The van der Waals surface area contributed by atoms with Crippen LogP contribution in [0.15, 0.2) is 24.3 Å². The van der Waals surface area contributed by atoms with E-state index in [9.17, 15) is 4.79 Å². The van der Waals surface area contributed by atoms with Gasteiger partial charge in [-0.3, -0.25) is 0 Å². The molecule has 0 radical (unpaired) electrons. The minimum atomic E-state index is -0.841. The molecule has 0 bridgehead atoms. The van der Waals surface area contributed by atoms with E-state index in [1.54, 1.807) is 12.1 Å². The minimum absolute atomic E-state index is 0.386. The smallest absolute Gasteiger partial charge is 0.335 e. The summed E-state index contributed by atoms with van der Waals surface area (Å²) in [4.78, 5) is 10.8. The maximum absolute atomic E-state index is 10.8. The molecule has 1 fully saturated rings. The summed E-state index contributed by atoms with van der Waals surface area (Å²) in [6.45, 7) is 2.25. The third-order valence-electron chi connectivity index (χ3n) is 3.87. The minimum Gasteiger partial charge on any atom is -0.478 e. The first-order chi connectivity index (χ1) is 8.20. The molecule has 92 valence electrons. The molecule has 2 atom stereocenters. The first-order valence-electron chi connectivity index (χ1n) is 6.54. The van der Waals surface area contributed by atoms with Gasteiger partial charge in [-0.25, -0.2) is 4.79 Å². The van der Waals surface area contributed by atoms with E-state index in [0.717, 1.165) is 5.92 Å². The standard InChI is InChI=1S/C15H20O2/c1-2-3-11-4-5-14(10-11)12-6-8-13(9-7-12)15(16)17/h6-9,11,14H,2-5,10H2,1H3,(H,16,17). The first-order valence-corrected chi connectivity index (χ1v) is 6.54. The quantitative estimate of drug-likeness (QED) is 0.849. The zero-order chi connectivity index (χ0) is 12.3. The summed E-state index contributed by atoms with van der Waals surface area (Å²) < 4.78 is 0. The molecule has 1 saturated carbocycles. The van der Waals surface area contributed by atoms with Gasteiger partial charge in [0.05, 0.1) is 5.56 Å². The van der Waals surface area contributed by atoms with Gasteiger partial charge in [-0.15, -0.1) is 0 Å². The fourth-order valence-electron chi connectivity index (χ4n) is 2.95. The second kappa shape index (κ2) is 5.35. The van der Waals surface area contributed by atoms with Crippen molar-refractivity contribution in [1.82, 2.24) is 0 Å². The van der Waals surface area contributed by atoms with Crippen LogP contribution in [0, 0.1) is 5.92 Å².